The van der Waals surface area contributed by atoms with Gasteiger partial charge < -0.3 is 0 Å². The Balaban J connectivity index is 2.15. The lowest BCUT2D eigenvalue weighted by Gasteiger charge is -2.22. The van der Waals surface area contributed by atoms with Gasteiger partial charge in [0.1, 0.15) is 6.54 Å². The van der Waals surface area contributed by atoms with Crippen LogP contribution < -0.4 is 9.73 Å². The van der Waals surface area contributed by atoms with E-state index in [-0.39, 0.29) is 15.7 Å². The minimum Gasteiger partial charge on any atom is -0.271 e. The molecule has 2 rings (SSSR count). The lowest BCUT2D eigenvalue weighted by atomic mass is 10.2. The molecule has 0 saturated carbocycles. The Morgan fingerprint density at radius 3 is 2.48 bits per heavy atom. The number of sulfonamides is 1. The number of anilines is 1. The van der Waals surface area contributed by atoms with E-state index in [1.54, 1.807) is 12.1 Å². The fourth-order valence-corrected chi connectivity index (χ4v) is 3.78. The topological polar surface area (TPSA) is 78.8 Å². The highest BCUT2D eigenvalue weighted by molar-refractivity contribution is 7.92. The monoisotopic (exact) mass is 467 g/mol. The van der Waals surface area contributed by atoms with Crippen LogP contribution in [-0.4, -0.2) is 33.3 Å². The first-order valence-corrected chi connectivity index (χ1v) is 10.6. The van der Waals surface area contributed by atoms with Crippen LogP contribution in [0.1, 0.15) is 5.56 Å². The fourth-order valence-electron chi connectivity index (χ4n) is 2.01. The SMILES string of the molecule is CS(=O)(=O)N(CC(=O)N/N=C\c1ccc(Cl)cc1Cl)c1cccc(Cl)c1Cl. The van der Waals surface area contributed by atoms with Gasteiger partial charge in [-0.25, -0.2) is 13.8 Å². The van der Waals surface area contributed by atoms with Crippen molar-refractivity contribution in [3.05, 3.63) is 62.1 Å². The maximum Gasteiger partial charge on any atom is 0.260 e. The van der Waals surface area contributed by atoms with Crippen molar-refractivity contribution < 1.29 is 13.2 Å². The number of nitrogens with zero attached hydrogens (tertiary/aromatic N) is 2. The van der Waals surface area contributed by atoms with E-state index in [0.717, 1.165) is 10.6 Å². The molecule has 2 aromatic rings. The van der Waals surface area contributed by atoms with Crippen molar-refractivity contribution in [2.75, 3.05) is 17.1 Å². The number of hydrogen-bond acceptors (Lipinski definition) is 4. The summed E-state index contributed by atoms with van der Waals surface area (Å²) < 4.78 is 25.0. The highest BCUT2D eigenvalue weighted by Gasteiger charge is 2.23. The van der Waals surface area contributed by atoms with Gasteiger partial charge in [0.15, 0.2) is 0 Å². The summed E-state index contributed by atoms with van der Waals surface area (Å²) in [6, 6.07) is 9.24. The summed E-state index contributed by atoms with van der Waals surface area (Å²) in [6.45, 7) is -0.537. The summed E-state index contributed by atoms with van der Waals surface area (Å²) in [5.41, 5.74) is 2.85. The van der Waals surface area contributed by atoms with Gasteiger partial charge in [-0.15, -0.1) is 0 Å². The van der Waals surface area contributed by atoms with Crippen LogP contribution >= 0.6 is 46.4 Å². The fraction of sp³-hybridized carbons (Fsp3) is 0.125. The smallest absolute Gasteiger partial charge is 0.260 e. The molecule has 1 N–H and O–H groups in total. The van der Waals surface area contributed by atoms with E-state index >= 15 is 0 Å². The molecule has 6 nitrogen and oxygen atoms in total. The predicted octanol–water partition coefficient (Wildman–Crippen LogP) is 4.22. The van der Waals surface area contributed by atoms with E-state index in [0.29, 0.717) is 15.6 Å². The molecule has 11 heteroatoms. The van der Waals surface area contributed by atoms with Gasteiger partial charge in [0, 0.05) is 10.6 Å². The average Bonchev–Trinajstić information content (AvgIpc) is 2.56. The number of halogens is 4. The van der Waals surface area contributed by atoms with Crippen LogP contribution in [0.4, 0.5) is 5.69 Å². The molecule has 0 aliphatic heterocycles. The summed E-state index contributed by atoms with van der Waals surface area (Å²) in [5, 5.41) is 4.77. The second kappa shape index (κ2) is 9.12. The van der Waals surface area contributed by atoms with Crippen molar-refractivity contribution in [1.29, 1.82) is 0 Å². The molecule has 0 fully saturated rings. The van der Waals surface area contributed by atoms with Crippen molar-refractivity contribution in [3.63, 3.8) is 0 Å². The number of hydrazone groups is 1. The minimum atomic E-state index is -3.80. The molecule has 0 saturated heterocycles. The molecule has 0 aliphatic rings. The van der Waals surface area contributed by atoms with E-state index < -0.39 is 22.5 Å². The molecule has 0 aromatic heterocycles. The molecule has 0 aliphatic carbocycles. The molecule has 0 bridgehead atoms. The lowest BCUT2D eigenvalue weighted by molar-refractivity contribution is -0.119. The Morgan fingerprint density at radius 1 is 1.15 bits per heavy atom. The third kappa shape index (κ3) is 5.99. The van der Waals surface area contributed by atoms with Crippen LogP contribution in [0.15, 0.2) is 41.5 Å². The number of amides is 1. The van der Waals surface area contributed by atoms with Crippen molar-refractivity contribution in [2.45, 2.75) is 0 Å². The van der Waals surface area contributed by atoms with E-state index in [4.69, 9.17) is 46.4 Å². The molecule has 27 heavy (non-hydrogen) atoms. The number of nitrogens with one attached hydrogen (secondary N) is 1. The maximum absolute atomic E-state index is 12.1. The normalized spacial score (nSPS) is 11.6. The van der Waals surface area contributed by atoms with E-state index in [9.17, 15) is 13.2 Å². The van der Waals surface area contributed by atoms with Crippen LogP contribution in [0.2, 0.25) is 20.1 Å². The Bertz CT molecular complexity index is 996. The van der Waals surface area contributed by atoms with Gasteiger partial charge in [0.2, 0.25) is 10.0 Å². The van der Waals surface area contributed by atoms with Crippen LogP contribution in [0, 0.1) is 0 Å². The summed E-state index contributed by atoms with van der Waals surface area (Å²) in [5.74, 6) is -0.683. The van der Waals surface area contributed by atoms with Gasteiger partial charge in [0.25, 0.3) is 5.91 Å². The van der Waals surface area contributed by atoms with Gasteiger partial charge >= 0.3 is 0 Å². The molecule has 2 aromatic carbocycles. The summed E-state index contributed by atoms with van der Waals surface area (Å²) >= 11 is 23.8. The molecule has 1 amide bonds. The molecular weight excluding hydrogens is 456 g/mol. The van der Waals surface area contributed by atoms with Crippen LogP contribution in [0.3, 0.4) is 0 Å². The molecule has 0 atom stereocenters. The van der Waals surface area contributed by atoms with Crippen molar-refractivity contribution in [2.24, 2.45) is 5.10 Å². The molecule has 0 heterocycles. The van der Waals surface area contributed by atoms with E-state index in [2.05, 4.69) is 10.5 Å². The largest absolute Gasteiger partial charge is 0.271 e. The Labute approximate surface area is 176 Å². The van der Waals surface area contributed by atoms with Crippen LogP contribution in [-0.2, 0) is 14.8 Å². The van der Waals surface area contributed by atoms with Crippen LogP contribution in [0.25, 0.3) is 0 Å². The van der Waals surface area contributed by atoms with E-state index in [1.165, 1.54) is 30.5 Å². The maximum atomic E-state index is 12.1. The van der Waals surface area contributed by atoms with E-state index in [1.807, 2.05) is 0 Å². The third-order valence-electron chi connectivity index (χ3n) is 3.24. The standard InChI is InChI=1S/C16H13Cl4N3O3S/c1-27(25,26)23(14-4-2-3-12(18)16(14)20)9-15(24)22-21-8-10-5-6-11(17)7-13(10)19/h2-8H,9H2,1H3,(H,22,24)/b21-8-. The summed E-state index contributed by atoms with van der Waals surface area (Å²) in [4.78, 5) is 12.1. The Hall–Kier alpha value is -1.51. The highest BCUT2D eigenvalue weighted by Crippen LogP contribution is 2.33. The highest BCUT2D eigenvalue weighted by atomic mass is 35.5. The molecular formula is C16H13Cl4N3O3S. The number of rotatable bonds is 6. The van der Waals surface area contributed by atoms with Gasteiger partial charge in [-0.3, -0.25) is 9.10 Å². The number of benzene rings is 2. The number of hydrogen-bond donors (Lipinski definition) is 1. The number of carbonyl (C=O) groups is 1. The molecule has 144 valence electrons. The average molecular weight is 469 g/mol. The van der Waals surface area contributed by atoms with Crippen molar-refractivity contribution >= 4 is 74.2 Å². The quantitative estimate of drug-likeness (QED) is 0.509. The molecule has 0 spiro atoms. The first kappa shape index (κ1) is 21.8. The Morgan fingerprint density at radius 2 is 1.85 bits per heavy atom. The zero-order chi connectivity index (χ0) is 20.2. The van der Waals surface area contributed by atoms with Crippen LogP contribution in [0.5, 0.6) is 0 Å². The van der Waals surface area contributed by atoms with Gasteiger partial charge in [-0.1, -0.05) is 58.5 Å². The summed E-state index contributed by atoms with van der Waals surface area (Å²) in [6.07, 6.45) is 2.27. The molecule has 0 unspecified atom stereocenters. The molecule has 0 radical (unpaired) electrons. The zero-order valence-corrected chi connectivity index (χ0v) is 17.6. The summed E-state index contributed by atoms with van der Waals surface area (Å²) in [7, 11) is -3.80. The number of carbonyl (C=O) groups excluding carboxylic acids is 1. The van der Waals surface area contributed by atoms with Crippen molar-refractivity contribution in [1.82, 2.24) is 5.43 Å². The van der Waals surface area contributed by atoms with Gasteiger partial charge in [-0.05, 0) is 24.3 Å². The first-order valence-electron chi connectivity index (χ1n) is 7.28. The van der Waals surface area contributed by atoms with Gasteiger partial charge in [0.05, 0.1) is 33.2 Å². The van der Waals surface area contributed by atoms with Crippen molar-refractivity contribution in [3.8, 4) is 0 Å². The second-order valence-electron chi connectivity index (χ2n) is 5.30. The second-order valence-corrected chi connectivity index (χ2v) is 8.84. The first-order chi connectivity index (χ1) is 12.6. The zero-order valence-electron chi connectivity index (χ0n) is 13.8. The lowest BCUT2D eigenvalue weighted by Crippen LogP contribution is -2.39. The minimum absolute atomic E-state index is 0.0221. The van der Waals surface area contributed by atoms with Gasteiger partial charge in [-0.2, -0.15) is 5.10 Å². The predicted molar refractivity (Wildman–Crippen MR) is 111 cm³/mol. The Kier molecular flexibility index (Phi) is 7.36. The third-order valence-corrected chi connectivity index (χ3v) is 5.74.